The van der Waals surface area contributed by atoms with Gasteiger partial charge in [0.05, 0.1) is 7.11 Å². The molecule has 0 amide bonds. The third kappa shape index (κ3) is 3.30. The molecule has 1 unspecified atom stereocenters. The largest absolute Gasteiger partial charge is 0.496 e. The fourth-order valence-electron chi connectivity index (χ4n) is 2.19. The maximum atomic E-state index is 13.2. The minimum absolute atomic E-state index is 0.237. The number of hydrogen-bond acceptors (Lipinski definition) is 2. The molecule has 1 atom stereocenters. The van der Waals surface area contributed by atoms with Crippen LogP contribution in [0.2, 0.25) is 5.02 Å². The van der Waals surface area contributed by atoms with E-state index in [9.17, 15) is 4.39 Å². The third-order valence-electron chi connectivity index (χ3n) is 3.29. The number of methoxy groups -OCH3 is 1. The molecule has 106 valence electrons. The average molecular weight is 294 g/mol. The van der Waals surface area contributed by atoms with Gasteiger partial charge in [-0.05, 0) is 54.3 Å². The summed E-state index contributed by atoms with van der Waals surface area (Å²) in [4.78, 5) is 0. The molecule has 0 bridgehead atoms. The van der Waals surface area contributed by atoms with Gasteiger partial charge in [-0.25, -0.2) is 4.39 Å². The summed E-state index contributed by atoms with van der Waals surface area (Å²) < 4.78 is 18.5. The summed E-state index contributed by atoms with van der Waals surface area (Å²) >= 11 is 6.06. The number of nitrogens with two attached hydrogens (primary N) is 1. The van der Waals surface area contributed by atoms with Crippen molar-refractivity contribution < 1.29 is 9.13 Å². The predicted molar refractivity (Wildman–Crippen MR) is 79.8 cm³/mol. The molecule has 2 aromatic rings. The first-order valence-corrected chi connectivity index (χ1v) is 6.73. The lowest BCUT2D eigenvalue weighted by atomic mass is 9.98. The first kappa shape index (κ1) is 14.8. The highest BCUT2D eigenvalue weighted by Gasteiger charge is 2.12. The smallest absolute Gasteiger partial charge is 0.123 e. The maximum absolute atomic E-state index is 13.2. The van der Waals surface area contributed by atoms with Crippen molar-refractivity contribution >= 4 is 11.6 Å². The van der Waals surface area contributed by atoms with Gasteiger partial charge in [-0.1, -0.05) is 23.7 Å². The van der Waals surface area contributed by atoms with Crippen molar-refractivity contribution in [3.63, 3.8) is 0 Å². The third-order valence-corrected chi connectivity index (χ3v) is 3.66. The van der Waals surface area contributed by atoms with Crippen LogP contribution in [0.4, 0.5) is 4.39 Å². The van der Waals surface area contributed by atoms with E-state index in [1.165, 1.54) is 12.1 Å². The molecule has 2 rings (SSSR count). The van der Waals surface area contributed by atoms with Gasteiger partial charge < -0.3 is 10.5 Å². The highest BCUT2D eigenvalue weighted by Crippen LogP contribution is 2.26. The van der Waals surface area contributed by atoms with E-state index in [-0.39, 0.29) is 11.9 Å². The highest BCUT2D eigenvalue weighted by atomic mass is 35.5. The van der Waals surface area contributed by atoms with E-state index in [4.69, 9.17) is 22.1 Å². The van der Waals surface area contributed by atoms with Crippen LogP contribution in [0, 0.1) is 12.7 Å². The van der Waals surface area contributed by atoms with E-state index >= 15 is 0 Å². The SMILES string of the molecule is COc1ccc(C(N)Cc2cc(F)ccc2Cl)cc1C. The van der Waals surface area contributed by atoms with E-state index in [1.54, 1.807) is 13.2 Å². The van der Waals surface area contributed by atoms with E-state index in [1.807, 2.05) is 25.1 Å². The van der Waals surface area contributed by atoms with Gasteiger partial charge in [0.2, 0.25) is 0 Å². The van der Waals surface area contributed by atoms with Crippen molar-refractivity contribution in [3.8, 4) is 5.75 Å². The minimum atomic E-state index is -0.303. The monoisotopic (exact) mass is 293 g/mol. The van der Waals surface area contributed by atoms with Gasteiger partial charge in [-0.2, -0.15) is 0 Å². The predicted octanol–water partition coefficient (Wildman–Crippen LogP) is 4.04. The first-order valence-electron chi connectivity index (χ1n) is 6.35. The summed E-state index contributed by atoms with van der Waals surface area (Å²) in [6.07, 6.45) is 0.488. The van der Waals surface area contributed by atoms with Crippen molar-refractivity contribution in [1.82, 2.24) is 0 Å². The van der Waals surface area contributed by atoms with Crippen LogP contribution in [0.25, 0.3) is 0 Å². The Morgan fingerprint density at radius 3 is 2.65 bits per heavy atom. The van der Waals surface area contributed by atoms with Crippen LogP contribution in [0.3, 0.4) is 0 Å². The number of benzene rings is 2. The molecule has 0 aromatic heterocycles. The molecule has 0 heterocycles. The molecular formula is C16H17ClFNO. The molecule has 0 aliphatic carbocycles. The second-order valence-electron chi connectivity index (χ2n) is 4.78. The van der Waals surface area contributed by atoms with Crippen LogP contribution < -0.4 is 10.5 Å². The Hall–Kier alpha value is -1.58. The molecule has 4 heteroatoms. The van der Waals surface area contributed by atoms with E-state index < -0.39 is 0 Å². The number of rotatable bonds is 4. The zero-order chi connectivity index (χ0) is 14.7. The van der Waals surface area contributed by atoms with Gasteiger partial charge in [0.1, 0.15) is 11.6 Å². The lowest BCUT2D eigenvalue weighted by molar-refractivity contribution is 0.411. The molecule has 0 aliphatic heterocycles. The topological polar surface area (TPSA) is 35.2 Å². The van der Waals surface area contributed by atoms with Crippen molar-refractivity contribution in [2.24, 2.45) is 5.73 Å². The Bertz CT molecular complexity index is 615. The fourth-order valence-corrected chi connectivity index (χ4v) is 2.38. The molecule has 2 N–H and O–H groups in total. The molecule has 2 nitrogen and oxygen atoms in total. The van der Waals surface area contributed by atoms with Crippen molar-refractivity contribution in [1.29, 1.82) is 0 Å². The van der Waals surface area contributed by atoms with E-state index in [2.05, 4.69) is 0 Å². The minimum Gasteiger partial charge on any atom is -0.496 e. The number of ether oxygens (including phenoxy) is 1. The Balaban J connectivity index is 2.21. The van der Waals surface area contributed by atoms with Crippen LogP contribution >= 0.6 is 11.6 Å². The molecule has 0 fully saturated rings. The summed E-state index contributed by atoms with van der Waals surface area (Å²) in [7, 11) is 1.63. The van der Waals surface area contributed by atoms with Crippen LogP contribution in [0.15, 0.2) is 36.4 Å². The van der Waals surface area contributed by atoms with E-state index in [0.717, 1.165) is 16.9 Å². The van der Waals surface area contributed by atoms with Gasteiger partial charge in [0.15, 0.2) is 0 Å². The molecule has 0 saturated carbocycles. The molecule has 0 aliphatic rings. The molecule has 0 spiro atoms. The number of aryl methyl sites for hydroxylation is 1. The molecule has 2 aromatic carbocycles. The van der Waals surface area contributed by atoms with Crippen LogP contribution in [-0.2, 0) is 6.42 Å². The normalized spacial score (nSPS) is 12.2. The zero-order valence-electron chi connectivity index (χ0n) is 11.5. The van der Waals surface area contributed by atoms with Crippen LogP contribution in [-0.4, -0.2) is 7.11 Å². The van der Waals surface area contributed by atoms with Crippen molar-refractivity contribution in [2.45, 2.75) is 19.4 Å². The van der Waals surface area contributed by atoms with Gasteiger partial charge in [-0.15, -0.1) is 0 Å². The van der Waals surface area contributed by atoms with Crippen LogP contribution in [0.5, 0.6) is 5.75 Å². The lowest BCUT2D eigenvalue weighted by Crippen LogP contribution is -2.14. The summed E-state index contributed by atoms with van der Waals surface area (Å²) in [6.45, 7) is 1.96. The Morgan fingerprint density at radius 2 is 2.00 bits per heavy atom. The number of hydrogen-bond donors (Lipinski definition) is 1. The van der Waals surface area contributed by atoms with E-state index in [0.29, 0.717) is 17.0 Å². The average Bonchev–Trinajstić information content (AvgIpc) is 2.42. The quantitative estimate of drug-likeness (QED) is 0.923. The Morgan fingerprint density at radius 1 is 1.25 bits per heavy atom. The molecule has 0 saturated heterocycles. The second-order valence-corrected chi connectivity index (χ2v) is 5.18. The summed E-state index contributed by atoms with van der Waals surface area (Å²) in [5, 5.41) is 0.534. The maximum Gasteiger partial charge on any atom is 0.123 e. The summed E-state index contributed by atoms with van der Waals surface area (Å²) in [5.74, 6) is 0.521. The summed E-state index contributed by atoms with van der Waals surface area (Å²) in [5.41, 5.74) is 8.89. The highest BCUT2D eigenvalue weighted by molar-refractivity contribution is 6.31. The fraction of sp³-hybridized carbons (Fsp3) is 0.250. The Kier molecular flexibility index (Phi) is 4.63. The van der Waals surface area contributed by atoms with Gasteiger partial charge >= 0.3 is 0 Å². The number of halogens is 2. The van der Waals surface area contributed by atoms with Gasteiger partial charge in [-0.3, -0.25) is 0 Å². The van der Waals surface area contributed by atoms with Crippen molar-refractivity contribution in [3.05, 3.63) is 63.9 Å². The van der Waals surface area contributed by atoms with Gasteiger partial charge in [0.25, 0.3) is 0 Å². The van der Waals surface area contributed by atoms with Gasteiger partial charge in [0, 0.05) is 11.1 Å². The molecular weight excluding hydrogens is 277 g/mol. The molecule has 0 radical (unpaired) electrons. The molecule has 20 heavy (non-hydrogen) atoms. The second kappa shape index (κ2) is 6.25. The summed E-state index contributed by atoms with van der Waals surface area (Å²) in [6, 6.07) is 9.88. The zero-order valence-corrected chi connectivity index (χ0v) is 12.2. The Labute approximate surface area is 123 Å². The first-order chi connectivity index (χ1) is 9.51. The van der Waals surface area contributed by atoms with Crippen LogP contribution in [0.1, 0.15) is 22.7 Å². The van der Waals surface area contributed by atoms with Crippen molar-refractivity contribution in [2.75, 3.05) is 7.11 Å². The standard InChI is InChI=1S/C16H17ClFNO/c1-10-7-11(3-6-16(10)20-2)15(19)9-12-8-13(18)4-5-14(12)17/h3-8,15H,9,19H2,1-2H3. The lowest BCUT2D eigenvalue weighted by Gasteiger charge is -2.15.